The molecule has 1 aliphatic rings. The Morgan fingerprint density at radius 3 is 2.26 bits per heavy atom. The van der Waals surface area contributed by atoms with Crippen molar-refractivity contribution in [2.45, 2.75) is 33.6 Å². The van der Waals surface area contributed by atoms with Gasteiger partial charge in [-0.05, 0) is 43.5 Å². The molecule has 1 aromatic rings. The molecule has 102 valence electrons. The fraction of sp³-hybridized carbons (Fsp3) is 0.467. The SMILES string of the molecule is Cc1cc(C)c(OC(=O)N2CCC(=O)CC2)cc1C. The quantitative estimate of drug-likeness (QED) is 0.781. The van der Waals surface area contributed by atoms with Crippen molar-refractivity contribution in [2.75, 3.05) is 13.1 Å². The Morgan fingerprint density at radius 1 is 1.05 bits per heavy atom. The molecule has 1 amide bonds. The molecule has 0 saturated carbocycles. The maximum Gasteiger partial charge on any atom is 0.415 e. The van der Waals surface area contributed by atoms with Crippen LogP contribution in [0.3, 0.4) is 0 Å². The summed E-state index contributed by atoms with van der Waals surface area (Å²) in [6.45, 7) is 6.87. The second kappa shape index (κ2) is 5.43. The number of aryl methyl sites for hydroxylation is 3. The van der Waals surface area contributed by atoms with Gasteiger partial charge in [0.25, 0.3) is 0 Å². The van der Waals surface area contributed by atoms with Crippen molar-refractivity contribution in [1.82, 2.24) is 4.90 Å². The molecule has 2 rings (SSSR count). The summed E-state index contributed by atoms with van der Waals surface area (Å²) in [5.74, 6) is 0.816. The Kier molecular flexibility index (Phi) is 3.88. The minimum atomic E-state index is -0.362. The highest BCUT2D eigenvalue weighted by atomic mass is 16.6. The number of rotatable bonds is 1. The summed E-state index contributed by atoms with van der Waals surface area (Å²) in [6, 6.07) is 3.90. The molecular formula is C15H19NO3. The first-order valence-electron chi connectivity index (χ1n) is 6.53. The smallest absolute Gasteiger partial charge is 0.410 e. The number of hydrogen-bond donors (Lipinski definition) is 0. The van der Waals surface area contributed by atoms with Gasteiger partial charge in [0.15, 0.2) is 0 Å². The minimum absolute atomic E-state index is 0.214. The summed E-state index contributed by atoms with van der Waals surface area (Å²) >= 11 is 0. The van der Waals surface area contributed by atoms with Crippen LogP contribution in [0.2, 0.25) is 0 Å². The van der Waals surface area contributed by atoms with Gasteiger partial charge in [-0.1, -0.05) is 6.07 Å². The summed E-state index contributed by atoms with van der Waals surface area (Å²) in [4.78, 5) is 24.8. The van der Waals surface area contributed by atoms with E-state index in [4.69, 9.17) is 4.74 Å². The van der Waals surface area contributed by atoms with Crippen LogP contribution in [0, 0.1) is 20.8 Å². The zero-order valence-corrected chi connectivity index (χ0v) is 11.7. The van der Waals surface area contributed by atoms with Crippen LogP contribution in [0.5, 0.6) is 5.75 Å². The van der Waals surface area contributed by atoms with Crippen molar-refractivity contribution in [3.05, 3.63) is 28.8 Å². The second-order valence-corrected chi connectivity index (χ2v) is 5.10. The highest BCUT2D eigenvalue weighted by Crippen LogP contribution is 2.23. The van der Waals surface area contributed by atoms with Crippen molar-refractivity contribution < 1.29 is 14.3 Å². The van der Waals surface area contributed by atoms with E-state index in [9.17, 15) is 9.59 Å². The molecular weight excluding hydrogens is 242 g/mol. The van der Waals surface area contributed by atoms with Gasteiger partial charge in [0, 0.05) is 25.9 Å². The zero-order valence-electron chi connectivity index (χ0n) is 11.7. The summed E-state index contributed by atoms with van der Waals surface area (Å²) < 4.78 is 5.43. The molecule has 1 fully saturated rings. The number of amides is 1. The predicted octanol–water partition coefficient (Wildman–Crippen LogP) is 2.78. The molecule has 0 unspecified atom stereocenters. The Bertz CT molecular complexity index is 512. The average Bonchev–Trinajstić information content (AvgIpc) is 2.36. The summed E-state index contributed by atoms with van der Waals surface area (Å²) in [7, 11) is 0. The van der Waals surface area contributed by atoms with Crippen LogP contribution in [-0.2, 0) is 4.79 Å². The third-order valence-corrected chi connectivity index (χ3v) is 3.57. The van der Waals surface area contributed by atoms with E-state index in [1.54, 1.807) is 4.90 Å². The Labute approximate surface area is 113 Å². The van der Waals surface area contributed by atoms with Gasteiger partial charge in [-0.2, -0.15) is 0 Å². The van der Waals surface area contributed by atoms with Crippen molar-refractivity contribution in [3.8, 4) is 5.75 Å². The van der Waals surface area contributed by atoms with E-state index >= 15 is 0 Å². The molecule has 0 aromatic heterocycles. The van der Waals surface area contributed by atoms with E-state index in [1.807, 2.05) is 32.9 Å². The molecule has 0 spiro atoms. The van der Waals surface area contributed by atoms with Gasteiger partial charge < -0.3 is 9.64 Å². The van der Waals surface area contributed by atoms with Crippen LogP contribution in [0.1, 0.15) is 29.5 Å². The lowest BCUT2D eigenvalue weighted by molar-refractivity contribution is -0.121. The number of ketones is 1. The van der Waals surface area contributed by atoms with Gasteiger partial charge in [0.05, 0.1) is 0 Å². The number of Topliss-reactive ketones (excluding diaryl/α,β-unsaturated/α-hetero) is 1. The van der Waals surface area contributed by atoms with E-state index in [-0.39, 0.29) is 11.9 Å². The van der Waals surface area contributed by atoms with Gasteiger partial charge >= 0.3 is 6.09 Å². The monoisotopic (exact) mass is 261 g/mol. The summed E-state index contributed by atoms with van der Waals surface area (Å²) in [5, 5.41) is 0. The highest BCUT2D eigenvalue weighted by molar-refractivity contribution is 5.82. The van der Waals surface area contributed by atoms with Crippen LogP contribution in [-0.4, -0.2) is 29.9 Å². The molecule has 1 aliphatic heterocycles. The van der Waals surface area contributed by atoms with Crippen LogP contribution in [0.4, 0.5) is 4.79 Å². The maximum atomic E-state index is 12.0. The number of carbonyl (C=O) groups excluding carboxylic acids is 2. The summed E-state index contributed by atoms with van der Waals surface area (Å²) in [6.07, 6.45) is 0.501. The number of piperidine rings is 1. The van der Waals surface area contributed by atoms with E-state index in [2.05, 4.69) is 0 Å². The lowest BCUT2D eigenvalue weighted by atomic mass is 10.1. The topological polar surface area (TPSA) is 46.6 Å². The number of hydrogen-bond acceptors (Lipinski definition) is 3. The molecule has 0 bridgehead atoms. The minimum Gasteiger partial charge on any atom is -0.410 e. The van der Waals surface area contributed by atoms with Gasteiger partial charge in [-0.15, -0.1) is 0 Å². The number of carbonyl (C=O) groups is 2. The molecule has 1 heterocycles. The van der Waals surface area contributed by atoms with Crippen molar-refractivity contribution in [3.63, 3.8) is 0 Å². The third-order valence-electron chi connectivity index (χ3n) is 3.57. The molecule has 0 radical (unpaired) electrons. The van der Waals surface area contributed by atoms with Gasteiger partial charge in [-0.3, -0.25) is 4.79 Å². The fourth-order valence-corrected chi connectivity index (χ4v) is 2.14. The van der Waals surface area contributed by atoms with E-state index in [0.717, 1.165) is 11.1 Å². The molecule has 0 atom stereocenters. The molecule has 4 nitrogen and oxygen atoms in total. The third kappa shape index (κ3) is 3.13. The molecule has 19 heavy (non-hydrogen) atoms. The van der Waals surface area contributed by atoms with Crippen LogP contribution >= 0.6 is 0 Å². The van der Waals surface area contributed by atoms with Gasteiger partial charge in [0.2, 0.25) is 0 Å². The molecule has 0 N–H and O–H groups in total. The van der Waals surface area contributed by atoms with Crippen molar-refractivity contribution in [2.24, 2.45) is 0 Å². The lowest BCUT2D eigenvalue weighted by Crippen LogP contribution is -2.40. The first-order valence-corrected chi connectivity index (χ1v) is 6.53. The van der Waals surface area contributed by atoms with Crippen LogP contribution in [0.25, 0.3) is 0 Å². The first kappa shape index (κ1) is 13.6. The average molecular weight is 261 g/mol. The fourth-order valence-electron chi connectivity index (χ4n) is 2.14. The number of ether oxygens (including phenoxy) is 1. The second-order valence-electron chi connectivity index (χ2n) is 5.10. The normalized spacial score (nSPS) is 15.5. The lowest BCUT2D eigenvalue weighted by Gasteiger charge is -2.25. The number of likely N-dealkylation sites (tertiary alicyclic amines) is 1. The van der Waals surface area contributed by atoms with E-state index in [1.165, 1.54) is 5.56 Å². The Hall–Kier alpha value is -1.84. The molecule has 4 heteroatoms. The van der Waals surface area contributed by atoms with E-state index < -0.39 is 0 Å². The predicted molar refractivity (Wildman–Crippen MR) is 72.5 cm³/mol. The standard InChI is InChI=1S/C15H19NO3/c1-10-8-12(3)14(9-11(10)2)19-15(18)16-6-4-13(17)5-7-16/h8-9H,4-7H2,1-3H3. The highest BCUT2D eigenvalue weighted by Gasteiger charge is 2.22. The van der Waals surface area contributed by atoms with Gasteiger partial charge in [-0.25, -0.2) is 4.79 Å². The Morgan fingerprint density at radius 2 is 1.63 bits per heavy atom. The largest absolute Gasteiger partial charge is 0.415 e. The summed E-state index contributed by atoms with van der Waals surface area (Å²) in [5.41, 5.74) is 3.23. The zero-order chi connectivity index (χ0) is 14.0. The van der Waals surface area contributed by atoms with Crippen LogP contribution < -0.4 is 4.74 Å². The number of nitrogens with zero attached hydrogens (tertiary/aromatic N) is 1. The number of benzene rings is 1. The van der Waals surface area contributed by atoms with E-state index in [0.29, 0.717) is 31.7 Å². The first-order chi connectivity index (χ1) is 8.97. The van der Waals surface area contributed by atoms with Gasteiger partial charge in [0.1, 0.15) is 11.5 Å². The molecule has 0 aliphatic carbocycles. The molecule has 1 aromatic carbocycles. The van der Waals surface area contributed by atoms with Crippen LogP contribution in [0.15, 0.2) is 12.1 Å². The Balaban J connectivity index is 2.07. The molecule has 1 saturated heterocycles. The van der Waals surface area contributed by atoms with Crippen molar-refractivity contribution in [1.29, 1.82) is 0 Å². The maximum absolute atomic E-state index is 12.0. The van der Waals surface area contributed by atoms with Crippen molar-refractivity contribution >= 4 is 11.9 Å².